The van der Waals surface area contributed by atoms with Gasteiger partial charge in [-0.25, -0.2) is 0 Å². The van der Waals surface area contributed by atoms with Gasteiger partial charge in [0.25, 0.3) is 5.91 Å². The summed E-state index contributed by atoms with van der Waals surface area (Å²) in [7, 11) is 0. The molecule has 0 aliphatic carbocycles. The molecule has 0 spiro atoms. The summed E-state index contributed by atoms with van der Waals surface area (Å²) in [5.74, 6) is 0.282. The second-order valence-corrected chi connectivity index (χ2v) is 7.42. The lowest BCUT2D eigenvalue weighted by Crippen LogP contribution is -2.35. The van der Waals surface area contributed by atoms with Gasteiger partial charge in [-0.1, -0.05) is 48.5 Å². The van der Waals surface area contributed by atoms with Crippen molar-refractivity contribution in [3.63, 3.8) is 0 Å². The van der Waals surface area contributed by atoms with Crippen LogP contribution in [-0.2, 0) is 17.8 Å². The molecule has 162 valence electrons. The first kappa shape index (κ1) is 22.6. The summed E-state index contributed by atoms with van der Waals surface area (Å²) in [6.45, 7) is 2.08. The van der Waals surface area contributed by atoms with E-state index in [0.29, 0.717) is 23.4 Å². The number of carbonyl (C=O) groups is 2. The molecule has 6 nitrogen and oxygen atoms in total. The molecular formula is C26H25N3O3. The smallest absolute Gasteiger partial charge is 0.251 e. The summed E-state index contributed by atoms with van der Waals surface area (Å²) >= 11 is 0. The third-order valence-electron chi connectivity index (χ3n) is 4.80. The van der Waals surface area contributed by atoms with E-state index in [1.165, 1.54) is 0 Å². The van der Waals surface area contributed by atoms with Crippen LogP contribution < -0.4 is 15.4 Å². The summed E-state index contributed by atoms with van der Waals surface area (Å²) in [6, 6.07) is 25.5. The SMILES string of the molecule is CC(CC(=O)Nc1ccccc1COc1ccc(CC#N)cc1)NC(=O)c1ccccc1. The highest BCUT2D eigenvalue weighted by Crippen LogP contribution is 2.20. The van der Waals surface area contributed by atoms with Crippen LogP contribution in [-0.4, -0.2) is 17.9 Å². The van der Waals surface area contributed by atoms with E-state index in [9.17, 15) is 9.59 Å². The molecule has 2 N–H and O–H groups in total. The van der Waals surface area contributed by atoms with Crippen molar-refractivity contribution >= 4 is 17.5 Å². The molecule has 3 aromatic carbocycles. The molecule has 32 heavy (non-hydrogen) atoms. The minimum Gasteiger partial charge on any atom is -0.489 e. The molecule has 6 heteroatoms. The maximum Gasteiger partial charge on any atom is 0.251 e. The van der Waals surface area contributed by atoms with Gasteiger partial charge in [-0.15, -0.1) is 0 Å². The number of amides is 2. The molecule has 0 heterocycles. The first-order valence-electron chi connectivity index (χ1n) is 10.4. The molecule has 0 saturated carbocycles. The van der Waals surface area contributed by atoms with Gasteiger partial charge < -0.3 is 15.4 Å². The van der Waals surface area contributed by atoms with E-state index in [-0.39, 0.29) is 30.9 Å². The van der Waals surface area contributed by atoms with Gasteiger partial charge in [0.1, 0.15) is 12.4 Å². The van der Waals surface area contributed by atoms with Gasteiger partial charge in [-0.05, 0) is 42.8 Å². The highest BCUT2D eigenvalue weighted by atomic mass is 16.5. The third-order valence-corrected chi connectivity index (χ3v) is 4.80. The van der Waals surface area contributed by atoms with Crippen molar-refractivity contribution < 1.29 is 14.3 Å². The molecule has 0 aromatic heterocycles. The molecule has 0 aliphatic heterocycles. The zero-order valence-corrected chi connectivity index (χ0v) is 17.9. The zero-order chi connectivity index (χ0) is 22.8. The molecule has 0 fully saturated rings. The first-order valence-corrected chi connectivity index (χ1v) is 10.4. The highest BCUT2D eigenvalue weighted by molar-refractivity contribution is 5.95. The average Bonchev–Trinajstić information content (AvgIpc) is 2.80. The summed E-state index contributed by atoms with van der Waals surface area (Å²) in [6.07, 6.45) is 0.507. The molecule has 0 bridgehead atoms. The standard InChI is InChI=1S/C26H25N3O3/c1-19(28-26(31)21-7-3-2-4-8-21)17-25(30)29-24-10-6-5-9-22(24)18-32-23-13-11-20(12-14-23)15-16-27/h2-14,19H,15,17-18H2,1H3,(H,28,31)(H,29,30). The van der Waals surface area contributed by atoms with Gasteiger partial charge in [0.15, 0.2) is 0 Å². The van der Waals surface area contributed by atoms with Crippen molar-refractivity contribution in [3.05, 3.63) is 95.6 Å². The van der Waals surface area contributed by atoms with Crippen molar-refractivity contribution in [1.82, 2.24) is 5.32 Å². The van der Waals surface area contributed by atoms with Crippen LogP contribution >= 0.6 is 0 Å². The van der Waals surface area contributed by atoms with Crippen molar-refractivity contribution in [2.75, 3.05) is 5.32 Å². The number of nitriles is 1. The fraction of sp³-hybridized carbons (Fsp3) is 0.192. The molecule has 0 radical (unpaired) electrons. The molecule has 3 aromatic rings. The lowest BCUT2D eigenvalue weighted by molar-refractivity contribution is -0.116. The van der Waals surface area contributed by atoms with Crippen molar-refractivity contribution in [1.29, 1.82) is 5.26 Å². The van der Waals surface area contributed by atoms with Crippen molar-refractivity contribution in [2.24, 2.45) is 0 Å². The maximum absolute atomic E-state index is 12.5. The zero-order valence-electron chi connectivity index (χ0n) is 17.9. The van der Waals surface area contributed by atoms with Gasteiger partial charge in [0.2, 0.25) is 5.91 Å². The Hall–Kier alpha value is -4.11. The Morgan fingerprint density at radius 3 is 2.38 bits per heavy atom. The number of ether oxygens (including phenoxy) is 1. The number of carbonyl (C=O) groups excluding carboxylic acids is 2. The predicted octanol–water partition coefficient (Wildman–Crippen LogP) is 4.48. The summed E-state index contributed by atoms with van der Waals surface area (Å²) in [5.41, 5.74) is 2.99. The Morgan fingerprint density at radius 2 is 1.66 bits per heavy atom. The second kappa shape index (κ2) is 11.3. The predicted molar refractivity (Wildman–Crippen MR) is 123 cm³/mol. The Labute approximate surface area is 187 Å². The van der Waals surface area contributed by atoms with E-state index in [2.05, 4.69) is 16.7 Å². The van der Waals surface area contributed by atoms with Gasteiger partial charge in [-0.2, -0.15) is 5.26 Å². The molecular weight excluding hydrogens is 402 g/mol. The number of hydrogen-bond donors (Lipinski definition) is 2. The van der Waals surface area contributed by atoms with Crippen LogP contribution in [0.25, 0.3) is 0 Å². The molecule has 0 aliphatic rings. The topological polar surface area (TPSA) is 91.2 Å². The van der Waals surface area contributed by atoms with Crippen LogP contribution in [0.4, 0.5) is 5.69 Å². The fourth-order valence-corrected chi connectivity index (χ4v) is 3.15. The number of benzene rings is 3. The molecule has 2 amide bonds. The van der Waals surface area contributed by atoms with Crippen LogP contribution in [0.3, 0.4) is 0 Å². The Bertz CT molecular complexity index is 1090. The number of nitrogens with zero attached hydrogens (tertiary/aromatic N) is 1. The van der Waals surface area contributed by atoms with Crippen molar-refractivity contribution in [3.8, 4) is 11.8 Å². The molecule has 1 unspecified atom stereocenters. The molecule has 3 rings (SSSR count). The number of hydrogen-bond acceptors (Lipinski definition) is 4. The van der Waals surface area contributed by atoms with Crippen molar-refractivity contribution in [2.45, 2.75) is 32.4 Å². The van der Waals surface area contributed by atoms with E-state index in [1.807, 2.05) is 54.6 Å². The van der Waals surface area contributed by atoms with Crippen LogP contribution in [0.1, 0.15) is 34.8 Å². The lowest BCUT2D eigenvalue weighted by atomic mass is 10.1. The van der Waals surface area contributed by atoms with Crippen LogP contribution in [0, 0.1) is 11.3 Å². The second-order valence-electron chi connectivity index (χ2n) is 7.42. The van der Waals surface area contributed by atoms with Crippen LogP contribution in [0.15, 0.2) is 78.9 Å². The van der Waals surface area contributed by atoms with Gasteiger partial charge >= 0.3 is 0 Å². The summed E-state index contributed by atoms with van der Waals surface area (Å²) in [5, 5.41) is 14.5. The minimum atomic E-state index is -0.321. The van der Waals surface area contributed by atoms with E-state index in [0.717, 1.165) is 11.1 Å². The third kappa shape index (κ3) is 6.71. The largest absolute Gasteiger partial charge is 0.489 e. The normalized spacial score (nSPS) is 11.1. The van der Waals surface area contributed by atoms with E-state index < -0.39 is 0 Å². The quantitative estimate of drug-likeness (QED) is 0.527. The first-order chi connectivity index (χ1) is 15.5. The Morgan fingerprint density at radius 1 is 0.969 bits per heavy atom. The highest BCUT2D eigenvalue weighted by Gasteiger charge is 2.14. The van der Waals surface area contributed by atoms with E-state index in [1.54, 1.807) is 31.2 Å². The maximum atomic E-state index is 12.5. The number of rotatable bonds is 9. The van der Waals surface area contributed by atoms with E-state index >= 15 is 0 Å². The lowest BCUT2D eigenvalue weighted by Gasteiger charge is -2.16. The van der Waals surface area contributed by atoms with Crippen LogP contribution in [0.2, 0.25) is 0 Å². The minimum absolute atomic E-state index is 0.147. The van der Waals surface area contributed by atoms with Gasteiger partial charge in [-0.3, -0.25) is 9.59 Å². The Balaban J connectivity index is 1.54. The number of anilines is 1. The van der Waals surface area contributed by atoms with Gasteiger partial charge in [0, 0.05) is 29.3 Å². The van der Waals surface area contributed by atoms with Crippen LogP contribution in [0.5, 0.6) is 5.75 Å². The summed E-state index contributed by atoms with van der Waals surface area (Å²) in [4.78, 5) is 24.8. The monoisotopic (exact) mass is 427 g/mol. The van der Waals surface area contributed by atoms with Gasteiger partial charge in [0.05, 0.1) is 12.5 Å². The molecule has 1 atom stereocenters. The number of para-hydroxylation sites is 1. The van der Waals surface area contributed by atoms with E-state index in [4.69, 9.17) is 10.00 Å². The average molecular weight is 428 g/mol. The summed E-state index contributed by atoms with van der Waals surface area (Å²) < 4.78 is 5.84. The Kier molecular flexibility index (Phi) is 7.99. The number of nitrogens with one attached hydrogen (secondary N) is 2. The molecule has 0 saturated heterocycles. The fourth-order valence-electron chi connectivity index (χ4n) is 3.15.